The van der Waals surface area contributed by atoms with Gasteiger partial charge in [0.1, 0.15) is 22.3 Å². The summed E-state index contributed by atoms with van der Waals surface area (Å²) in [6, 6.07) is 53.3. The van der Waals surface area contributed by atoms with Crippen LogP contribution in [-0.2, 0) is 0 Å². The van der Waals surface area contributed by atoms with Gasteiger partial charge in [0.25, 0.3) is 16.0 Å². The predicted octanol–water partition coefficient (Wildman–Crippen LogP) is 14.2. The summed E-state index contributed by atoms with van der Waals surface area (Å²) in [5, 5.41) is 6.39. The molecule has 6 heteroatoms. The molecule has 0 amide bonds. The number of rotatable bonds is 2. The van der Waals surface area contributed by atoms with Gasteiger partial charge in [-0.3, -0.25) is 0 Å². The third kappa shape index (κ3) is 4.28. The fourth-order valence-electron chi connectivity index (χ4n) is 8.54. The van der Waals surface area contributed by atoms with Crippen LogP contribution in [0.15, 0.2) is 168 Å². The normalized spacial score (nSPS) is 15.5. The van der Waals surface area contributed by atoms with Gasteiger partial charge in [-0.25, -0.2) is 0 Å². The third-order valence-electron chi connectivity index (χ3n) is 10.6. The lowest BCUT2D eigenvalue weighted by atomic mass is 9.60. The van der Waals surface area contributed by atoms with Crippen molar-refractivity contribution >= 4 is 59.9 Å². The fourth-order valence-corrected chi connectivity index (χ4v) is 11.7. The highest BCUT2D eigenvalue weighted by molar-refractivity contribution is 7.46. The maximum absolute atomic E-state index is 6.94. The zero-order valence-electron chi connectivity index (χ0n) is 27.6. The maximum atomic E-state index is 6.94. The van der Waals surface area contributed by atoms with Gasteiger partial charge in [-0.1, -0.05) is 115 Å². The zero-order valence-corrected chi connectivity index (χ0v) is 29.4. The SMILES string of the molecule is Cc1cccc2c1C1c3c(cccc3-p3oc4ccccc4c4ccccc4o3)C2c2cccc(-p3oc4ccccc4c4ccccc4o3)c21. The first kappa shape index (κ1) is 29.1. The van der Waals surface area contributed by atoms with Crippen molar-refractivity contribution < 1.29 is 16.8 Å². The fraction of sp³-hybridized carbons (Fsp3) is 0.0667. The Labute approximate surface area is 295 Å². The molecule has 0 N–H and O–H groups in total. The van der Waals surface area contributed by atoms with Crippen LogP contribution in [0.1, 0.15) is 50.8 Å². The highest BCUT2D eigenvalue weighted by Gasteiger charge is 2.45. The highest BCUT2D eigenvalue weighted by Crippen LogP contribution is 2.63. The van der Waals surface area contributed by atoms with E-state index in [4.69, 9.17) is 16.8 Å². The molecule has 3 aliphatic carbocycles. The van der Waals surface area contributed by atoms with E-state index in [1.54, 1.807) is 0 Å². The minimum Gasteiger partial charge on any atom is -0.416 e. The summed E-state index contributed by atoms with van der Waals surface area (Å²) >= 11 is 0. The van der Waals surface area contributed by atoms with Crippen molar-refractivity contribution in [2.75, 3.05) is 0 Å². The molecule has 0 unspecified atom stereocenters. The van der Waals surface area contributed by atoms with E-state index in [1.165, 1.54) is 38.9 Å². The first-order valence-electron chi connectivity index (χ1n) is 17.3. The summed E-state index contributed by atoms with van der Waals surface area (Å²) in [4.78, 5) is 0. The molecule has 244 valence electrons. The van der Waals surface area contributed by atoms with Crippen molar-refractivity contribution in [3.63, 3.8) is 0 Å². The Bertz CT molecular complexity index is 2680. The monoisotopic (exact) mass is 696 g/mol. The summed E-state index contributed by atoms with van der Waals surface area (Å²) in [7, 11) is -3.07. The number of hydrogen-bond donors (Lipinski definition) is 0. The van der Waals surface area contributed by atoms with E-state index < -0.39 is 16.0 Å². The second-order valence-corrected chi connectivity index (χ2v) is 16.1. The van der Waals surface area contributed by atoms with Gasteiger partial charge in [-0.15, -0.1) is 0 Å². The Balaban J connectivity index is 1.24. The topological polar surface area (TPSA) is 52.6 Å². The quantitative estimate of drug-likeness (QED) is 0.181. The molecule has 0 aliphatic heterocycles. The molecule has 0 fully saturated rings. The summed E-state index contributed by atoms with van der Waals surface area (Å²) in [6.45, 7) is 2.25. The second kappa shape index (κ2) is 11.2. The average molecular weight is 697 g/mol. The van der Waals surface area contributed by atoms with Crippen molar-refractivity contribution in [3.05, 3.63) is 191 Å². The van der Waals surface area contributed by atoms with Gasteiger partial charge >= 0.3 is 0 Å². The van der Waals surface area contributed by atoms with Gasteiger partial charge in [0, 0.05) is 33.4 Å². The van der Waals surface area contributed by atoms with Gasteiger partial charge in [0.2, 0.25) is 0 Å². The van der Waals surface area contributed by atoms with Crippen LogP contribution in [0.3, 0.4) is 0 Å². The third-order valence-corrected chi connectivity index (χ3v) is 13.7. The van der Waals surface area contributed by atoms with E-state index in [0.29, 0.717) is 0 Å². The van der Waals surface area contributed by atoms with Crippen molar-refractivity contribution in [1.29, 1.82) is 0 Å². The van der Waals surface area contributed by atoms with Crippen LogP contribution in [-0.4, -0.2) is 0 Å². The molecule has 0 spiro atoms. The number of para-hydroxylation sites is 4. The molecule has 9 aromatic rings. The van der Waals surface area contributed by atoms with Crippen molar-refractivity contribution in [1.82, 2.24) is 0 Å². The molecule has 0 radical (unpaired) electrons. The standard InChI is InChI=1S/C45H30O4P2/c1-27-13-10-18-32-41(27)45-43-33(19-11-25-39(43)50-46-35-21-6-2-14-28(35)29-15-3-7-22-36(29)47-50)42(32)34-20-12-26-40(44(34)45)51-48-37-23-8-4-16-30(37)31-17-5-9-24-38(31)49-51/h2-26,42,45H,1H3. The van der Waals surface area contributed by atoms with Crippen LogP contribution in [0.4, 0.5) is 0 Å². The van der Waals surface area contributed by atoms with Crippen LogP contribution in [0.2, 0.25) is 0 Å². The molecular formula is C45H30O4P2. The molecule has 0 saturated heterocycles. The van der Waals surface area contributed by atoms with Gasteiger partial charge in [-0.05, 0) is 82.3 Å². The van der Waals surface area contributed by atoms with Crippen LogP contribution >= 0.6 is 16.0 Å². The number of hydrogen-bond acceptors (Lipinski definition) is 4. The first-order valence-corrected chi connectivity index (χ1v) is 19.6. The van der Waals surface area contributed by atoms with E-state index >= 15 is 0 Å². The molecular weight excluding hydrogens is 666 g/mol. The second-order valence-electron chi connectivity index (χ2n) is 13.4. The van der Waals surface area contributed by atoms with E-state index in [-0.39, 0.29) is 11.8 Å². The van der Waals surface area contributed by atoms with Crippen LogP contribution in [0.25, 0.3) is 54.5 Å². The minimum atomic E-state index is -1.54. The molecule has 2 aromatic heterocycles. The number of aryl methyl sites for hydroxylation is 1. The average Bonchev–Trinajstić information content (AvgIpc) is 3.45. The lowest BCUT2D eigenvalue weighted by Gasteiger charge is -2.44. The smallest absolute Gasteiger partial charge is 0.253 e. The summed E-state index contributed by atoms with van der Waals surface area (Å²) in [5.41, 5.74) is 12.5. The number of fused-ring (bicyclic) bond motifs is 6. The van der Waals surface area contributed by atoms with Crippen molar-refractivity contribution in [2.24, 2.45) is 0 Å². The van der Waals surface area contributed by atoms with Gasteiger partial charge in [0.05, 0.1) is 10.6 Å². The summed E-state index contributed by atoms with van der Waals surface area (Å²) in [6.07, 6.45) is 0. The Morgan fingerprint density at radius 1 is 0.353 bits per heavy atom. The molecule has 4 nitrogen and oxygen atoms in total. The minimum absolute atomic E-state index is 0.0536. The highest BCUT2D eigenvalue weighted by atomic mass is 31.1. The van der Waals surface area contributed by atoms with Gasteiger partial charge in [-0.2, -0.15) is 0 Å². The summed E-state index contributed by atoms with van der Waals surface area (Å²) < 4.78 is 27.8. The van der Waals surface area contributed by atoms with Crippen LogP contribution in [0, 0.1) is 6.92 Å². The molecule has 12 rings (SSSR count). The molecule has 2 bridgehead atoms. The van der Waals surface area contributed by atoms with Crippen molar-refractivity contribution in [3.8, 4) is 10.6 Å². The van der Waals surface area contributed by atoms with E-state index in [2.05, 4.69) is 134 Å². The van der Waals surface area contributed by atoms with Crippen LogP contribution in [0.5, 0.6) is 0 Å². The zero-order chi connectivity index (χ0) is 33.6. The first-order chi connectivity index (χ1) is 25.2. The van der Waals surface area contributed by atoms with Gasteiger partial charge < -0.3 is 16.8 Å². The predicted molar refractivity (Wildman–Crippen MR) is 208 cm³/mol. The Morgan fingerprint density at radius 3 is 1.12 bits per heavy atom. The molecule has 3 aliphatic rings. The lowest BCUT2D eigenvalue weighted by molar-refractivity contribution is 0.648. The molecule has 7 aromatic carbocycles. The lowest BCUT2D eigenvalue weighted by Crippen LogP contribution is -2.29. The van der Waals surface area contributed by atoms with Crippen LogP contribution < -0.4 is 0 Å². The Kier molecular flexibility index (Phi) is 6.38. The molecule has 2 heterocycles. The molecule has 0 atom stereocenters. The maximum Gasteiger partial charge on any atom is 0.253 e. The van der Waals surface area contributed by atoms with E-state index in [1.807, 2.05) is 24.3 Å². The Morgan fingerprint density at radius 2 is 0.706 bits per heavy atom. The molecule has 51 heavy (non-hydrogen) atoms. The summed E-state index contributed by atoms with van der Waals surface area (Å²) in [5.74, 6) is -0.00613. The Hall–Kier alpha value is -5.66. The van der Waals surface area contributed by atoms with Crippen molar-refractivity contribution in [2.45, 2.75) is 18.8 Å². The van der Waals surface area contributed by atoms with E-state index in [0.717, 1.165) is 54.5 Å². The number of benzene rings is 7. The largest absolute Gasteiger partial charge is 0.416 e. The van der Waals surface area contributed by atoms with Gasteiger partial charge in [0.15, 0.2) is 0 Å². The van der Waals surface area contributed by atoms with E-state index in [9.17, 15) is 0 Å². The molecule has 0 saturated carbocycles.